The van der Waals surface area contributed by atoms with E-state index in [-0.39, 0.29) is 0 Å². The minimum absolute atomic E-state index is 0.604. The largest absolute Gasteiger partial charge is 0.748 e. The molecule has 0 aromatic heterocycles. The van der Waals surface area contributed by atoms with Crippen LogP contribution in [0.15, 0.2) is 0 Å². The van der Waals surface area contributed by atoms with Gasteiger partial charge in [0.1, 0.15) is 0 Å². The average molecular weight is 380 g/mol. The van der Waals surface area contributed by atoms with Crippen LogP contribution in [-0.2, 0) is 10.1 Å². The maximum absolute atomic E-state index is 9.08. The van der Waals surface area contributed by atoms with Gasteiger partial charge in [-0.1, -0.05) is 84.0 Å². The number of hydrogen-bond acceptors (Lipinski definition) is 3. The SMILES string of the molecule is CCCCCCCCCCCCCCCC[N+](C)(C)C.CS(=O)(=O)[O-]. The first kappa shape index (κ1) is 27.1. The number of rotatable bonds is 15. The second kappa shape index (κ2) is 17.3. The van der Waals surface area contributed by atoms with Crippen LogP contribution in [-0.4, -0.2) is 51.4 Å². The molecule has 4 nitrogen and oxygen atoms in total. The van der Waals surface area contributed by atoms with Crippen molar-refractivity contribution in [1.82, 2.24) is 0 Å². The first-order valence-corrected chi connectivity index (χ1v) is 12.1. The molecule has 154 valence electrons. The summed E-state index contributed by atoms with van der Waals surface area (Å²) in [4.78, 5) is 0. The Labute approximate surface area is 158 Å². The van der Waals surface area contributed by atoms with E-state index in [9.17, 15) is 0 Å². The van der Waals surface area contributed by atoms with Gasteiger partial charge in [0.2, 0.25) is 0 Å². The van der Waals surface area contributed by atoms with E-state index < -0.39 is 10.1 Å². The van der Waals surface area contributed by atoms with Gasteiger partial charge in [0.25, 0.3) is 0 Å². The van der Waals surface area contributed by atoms with E-state index in [0.717, 1.165) is 4.48 Å². The maximum Gasteiger partial charge on any atom is 0.0916 e. The number of quaternary nitrogens is 1. The summed E-state index contributed by atoms with van der Waals surface area (Å²) in [6, 6.07) is 0. The van der Waals surface area contributed by atoms with Gasteiger partial charge in [-0.25, -0.2) is 8.42 Å². The van der Waals surface area contributed by atoms with Crippen LogP contribution in [0, 0.1) is 0 Å². The highest BCUT2D eigenvalue weighted by Crippen LogP contribution is 2.13. The van der Waals surface area contributed by atoms with Gasteiger partial charge in [0.15, 0.2) is 0 Å². The summed E-state index contributed by atoms with van der Waals surface area (Å²) in [7, 11) is 2.97. The Bertz CT molecular complexity index is 354. The van der Waals surface area contributed by atoms with Crippen LogP contribution in [0.1, 0.15) is 96.8 Å². The van der Waals surface area contributed by atoms with Crippen molar-refractivity contribution in [1.29, 1.82) is 0 Å². The third kappa shape index (κ3) is 40.1. The van der Waals surface area contributed by atoms with Gasteiger partial charge < -0.3 is 9.04 Å². The summed E-state index contributed by atoms with van der Waals surface area (Å²) >= 11 is 0. The first-order valence-electron chi connectivity index (χ1n) is 10.3. The lowest BCUT2D eigenvalue weighted by molar-refractivity contribution is -0.870. The van der Waals surface area contributed by atoms with E-state index in [1.165, 1.54) is 96.4 Å². The van der Waals surface area contributed by atoms with Crippen molar-refractivity contribution < 1.29 is 17.5 Å². The molecule has 0 spiro atoms. The van der Waals surface area contributed by atoms with Gasteiger partial charge in [0.05, 0.1) is 37.8 Å². The molecule has 0 radical (unpaired) electrons. The molecule has 0 fully saturated rings. The molecule has 0 amide bonds. The summed E-state index contributed by atoms with van der Waals surface area (Å²) in [6.45, 7) is 3.63. The zero-order valence-electron chi connectivity index (χ0n) is 17.7. The molecule has 0 heterocycles. The summed E-state index contributed by atoms with van der Waals surface area (Å²) in [5.41, 5.74) is 0. The zero-order valence-corrected chi connectivity index (χ0v) is 18.5. The van der Waals surface area contributed by atoms with E-state index >= 15 is 0 Å². The zero-order chi connectivity index (χ0) is 19.6. The number of unbranched alkanes of at least 4 members (excludes halogenated alkanes) is 13. The Morgan fingerprint density at radius 3 is 1.12 bits per heavy atom. The van der Waals surface area contributed by atoms with Crippen LogP contribution in [0.3, 0.4) is 0 Å². The minimum Gasteiger partial charge on any atom is -0.748 e. The van der Waals surface area contributed by atoms with Gasteiger partial charge in [-0.2, -0.15) is 0 Å². The van der Waals surface area contributed by atoms with Crippen molar-refractivity contribution >= 4 is 10.1 Å². The molecule has 0 aliphatic rings. The summed E-state index contributed by atoms with van der Waals surface area (Å²) in [5.74, 6) is 0. The monoisotopic (exact) mass is 379 g/mol. The van der Waals surface area contributed by atoms with Crippen molar-refractivity contribution in [2.75, 3.05) is 33.9 Å². The molecule has 0 saturated heterocycles. The first-order chi connectivity index (χ1) is 11.6. The molecule has 0 aromatic carbocycles. The molecule has 0 bridgehead atoms. The Morgan fingerprint density at radius 1 is 0.640 bits per heavy atom. The van der Waals surface area contributed by atoms with E-state index in [2.05, 4.69) is 28.1 Å². The fraction of sp³-hybridized carbons (Fsp3) is 1.00. The molecule has 0 aromatic rings. The Hall–Kier alpha value is -0.130. The minimum atomic E-state index is -3.92. The highest BCUT2D eigenvalue weighted by atomic mass is 32.2. The predicted molar refractivity (Wildman–Crippen MR) is 109 cm³/mol. The normalized spacial score (nSPS) is 11.9. The fourth-order valence-electron chi connectivity index (χ4n) is 2.78. The lowest BCUT2D eigenvalue weighted by atomic mass is 10.0. The van der Waals surface area contributed by atoms with Gasteiger partial charge in [-0.3, -0.25) is 0 Å². The lowest BCUT2D eigenvalue weighted by Gasteiger charge is -2.23. The smallest absolute Gasteiger partial charge is 0.0916 e. The Morgan fingerprint density at radius 2 is 0.880 bits per heavy atom. The predicted octanol–water partition coefficient (Wildman–Crippen LogP) is 5.34. The molecule has 0 N–H and O–H groups in total. The third-order valence-corrected chi connectivity index (χ3v) is 4.18. The fourth-order valence-corrected chi connectivity index (χ4v) is 2.78. The molecule has 0 unspecified atom stereocenters. The van der Waals surface area contributed by atoms with E-state index in [0.29, 0.717) is 6.26 Å². The molecule has 0 atom stereocenters. The second-order valence-corrected chi connectivity index (χ2v) is 9.72. The molecule has 0 saturated carbocycles. The van der Waals surface area contributed by atoms with E-state index in [1.54, 1.807) is 0 Å². The molecule has 25 heavy (non-hydrogen) atoms. The van der Waals surface area contributed by atoms with Gasteiger partial charge in [-0.05, 0) is 12.8 Å². The van der Waals surface area contributed by atoms with E-state index in [1.807, 2.05) is 0 Å². The van der Waals surface area contributed by atoms with Gasteiger partial charge >= 0.3 is 0 Å². The van der Waals surface area contributed by atoms with Crippen LogP contribution in [0.25, 0.3) is 0 Å². The topological polar surface area (TPSA) is 57.2 Å². The van der Waals surface area contributed by atoms with Crippen molar-refractivity contribution in [2.45, 2.75) is 96.8 Å². The molecule has 0 aliphatic carbocycles. The van der Waals surface area contributed by atoms with E-state index in [4.69, 9.17) is 13.0 Å². The summed E-state index contributed by atoms with van der Waals surface area (Å²) in [6.07, 6.45) is 21.0. The second-order valence-electron chi connectivity index (χ2n) is 8.31. The van der Waals surface area contributed by atoms with Crippen LogP contribution in [0.4, 0.5) is 0 Å². The number of hydrogen-bond donors (Lipinski definition) is 0. The standard InChI is InChI=1S/C19H42N.CH4O3S/c1-5-6-7-8-9-10-11-12-13-14-15-16-17-18-19-20(2,3)4;1-5(2,3)4/h5-19H2,1-4H3;1H3,(H,2,3,4)/q+1;/p-1. The molecule has 0 aliphatic heterocycles. The van der Waals surface area contributed by atoms with Gasteiger partial charge in [-0.15, -0.1) is 0 Å². The molecule has 5 heteroatoms. The highest BCUT2D eigenvalue weighted by Gasteiger charge is 2.04. The maximum atomic E-state index is 9.08. The van der Waals surface area contributed by atoms with Crippen molar-refractivity contribution in [2.24, 2.45) is 0 Å². The summed E-state index contributed by atoms with van der Waals surface area (Å²) in [5, 5.41) is 0. The van der Waals surface area contributed by atoms with Crippen molar-refractivity contribution in [3.05, 3.63) is 0 Å². The van der Waals surface area contributed by atoms with Crippen LogP contribution in [0.2, 0.25) is 0 Å². The lowest BCUT2D eigenvalue weighted by Crippen LogP contribution is -2.35. The van der Waals surface area contributed by atoms with Crippen molar-refractivity contribution in [3.8, 4) is 0 Å². The summed E-state index contributed by atoms with van der Waals surface area (Å²) < 4.78 is 28.4. The Balaban J connectivity index is 0. The average Bonchev–Trinajstić information content (AvgIpc) is 2.45. The Kier molecular flexibility index (Phi) is 18.7. The van der Waals surface area contributed by atoms with Crippen LogP contribution >= 0.6 is 0 Å². The molecular formula is C20H45NO3S. The van der Waals surface area contributed by atoms with Crippen LogP contribution in [0.5, 0.6) is 0 Å². The number of nitrogens with zero attached hydrogens (tertiary/aromatic N) is 1. The van der Waals surface area contributed by atoms with Gasteiger partial charge in [0, 0.05) is 6.26 Å². The quantitative estimate of drug-likeness (QED) is 0.219. The molecule has 0 rings (SSSR count). The molecular weight excluding hydrogens is 334 g/mol. The highest BCUT2D eigenvalue weighted by molar-refractivity contribution is 7.84. The van der Waals surface area contributed by atoms with Crippen molar-refractivity contribution in [3.63, 3.8) is 0 Å². The van der Waals surface area contributed by atoms with Crippen LogP contribution < -0.4 is 0 Å². The third-order valence-electron chi connectivity index (χ3n) is 4.18.